The summed E-state index contributed by atoms with van der Waals surface area (Å²) in [5.41, 5.74) is 7.82. The summed E-state index contributed by atoms with van der Waals surface area (Å²) in [4.78, 5) is 11.2. The zero-order valence-corrected chi connectivity index (χ0v) is 22.5. The Kier molecular flexibility index (Phi) is 8.79. The van der Waals surface area contributed by atoms with Crippen LogP contribution in [0.15, 0.2) is 11.6 Å². The molecule has 1 amide bonds. The van der Waals surface area contributed by atoms with Gasteiger partial charge in [-0.25, -0.2) is 0 Å². The number of amides is 1. The summed E-state index contributed by atoms with van der Waals surface area (Å²) >= 11 is 0. The predicted molar refractivity (Wildman–Crippen MR) is 139 cm³/mol. The van der Waals surface area contributed by atoms with Gasteiger partial charge in [0.2, 0.25) is 5.91 Å². The second-order valence-electron chi connectivity index (χ2n) is 12.6. The van der Waals surface area contributed by atoms with Crippen LogP contribution in [0.25, 0.3) is 0 Å². The Labute approximate surface area is 204 Å². The topological polar surface area (TPSA) is 63.3 Å². The van der Waals surface area contributed by atoms with Gasteiger partial charge in [-0.15, -0.1) is 0 Å². The number of allylic oxidation sites excluding steroid dienone is 1. The number of nitrogens with two attached hydrogens (primary N) is 1. The van der Waals surface area contributed by atoms with E-state index in [1.807, 2.05) is 13.8 Å². The van der Waals surface area contributed by atoms with Crippen molar-refractivity contribution in [2.24, 2.45) is 52.1 Å². The molecular weight excluding hydrogens is 406 g/mol. The van der Waals surface area contributed by atoms with Crippen molar-refractivity contribution in [2.75, 3.05) is 0 Å². The fourth-order valence-electron chi connectivity index (χ4n) is 9.05. The summed E-state index contributed by atoms with van der Waals surface area (Å²) in [6.45, 7) is 13.8. The fraction of sp³-hybridized carbons (Fsp3) is 0.900. The van der Waals surface area contributed by atoms with E-state index in [9.17, 15) is 9.90 Å². The number of hydrogen-bond donors (Lipinski definition) is 2. The average molecular weight is 460 g/mol. The molecule has 33 heavy (non-hydrogen) atoms. The first-order valence-corrected chi connectivity index (χ1v) is 14.3. The molecule has 3 N–H and O–H groups in total. The van der Waals surface area contributed by atoms with Crippen LogP contribution in [0.5, 0.6) is 0 Å². The van der Waals surface area contributed by atoms with Crippen molar-refractivity contribution in [1.82, 2.24) is 0 Å². The van der Waals surface area contributed by atoms with Crippen molar-refractivity contribution >= 4 is 5.91 Å². The van der Waals surface area contributed by atoms with E-state index in [1.165, 1.54) is 51.4 Å². The molecule has 0 aromatic rings. The molecule has 190 valence electrons. The average Bonchev–Trinajstić information content (AvgIpc) is 3.12. The van der Waals surface area contributed by atoms with Gasteiger partial charge in [-0.3, -0.25) is 4.79 Å². The first kappa shape index (κ1) is 26.8. The Balaban J connectivity index is 0.00000149. The Bertz CT molecular complexity index is 701. The van der Waals surface area contributed by atoms with Crippen molar-refractivity contribution in [3.63, 3.8) is 0 Å². The third kappa shape index (κ3) is 5.24. The highest BCUT2D eigenvalue weighted by molar-refractivity contribution is 5.73. The minimum Gasteiger partial charge on any atom is -0.393 e. The normalized spacial score (nSPS) is 41.4. The summed E-state index contributed by atoms with van der Waals surface area (Å²) in [6.07, 6.45) is 16.6. The van der Waals surface area contributed by atoms with Crippen molar-refractivity contribution in [2.45, 2.75) is 125 Å². The van der Waals surface area contributed by atoms with Crippen LogP contribution in [-0.4, -0.2) is 17.1 Å². The van der Waals surface area contributed by atoms with E-state index in [0.29, 0.717) is 23.2 Å². The molecule has 0 bridgehead atoms. The molecule has 3 fully saturated rings. The quantitative estimate of drug-likeness (QED) is 0.393. The van der Waals surface area contributed by atoms with Crippen LogP contribution in [-0.2, 0) is 4.79 Å². The van der Waals surface area contributed by atoms with Crippen molar-refractivity contribution in [3.05, 3.63) is 11.6 Å². The molecule has 4 aliphatic rings. The predicted octanol–water partition coefficient (Wildman–Crippen LogP) is 7.27. The van der Waals surface area contributed by atoms with E-state index in [1.54, 1.807) is 5.57 Å². The molecule has 0 radical (unpaired) electrons. The molecule has 9 atom stereocenters. The zero-order valence-electron chi connectivity index (χ0n) is 22.5. The van der Waals surface area contributed by atoms with Gasteiger partial charge >= 0.3 is 0 Å². The highest BCUT2D eigenvalue weighted by Crippen LogP contribution is 2.67. The fourth-order valence-corrected chi connectivity index (χ4v) is 9.05. The molecule has 1 unspecified atom stereocenters. The minimum atomic E-state index is -0.158. The molecule has 0 aliphatic heterocycles. The molecule has 0 saturated heterocycles. The summed E-state index contributed by atoms with van der Waals surface area (Å²) in [5, 5.41) is 10.2. The molecule has 3 nitrogen and oxygen atoms in total. The van der Waals surface area contributed by atoms with Gasteiger partial charge in [0.05, 0.1) is 6.10 Å². The number of carbonyl (C=O) groups excluding carboxylic acids is 1. The van der Waals surface area contributed by atoms with Gasteiger partial charge in [0.15, 0.2) is 0 Å². The van der Waals surface area contributed by atoms with Crippen molar-refractivity contribution < 1.29 is 9.90 Å². The van der Waals surface area contributed by atoms with Gasteiger partial charge in [-0.2, -0.15) is 0 Å². The SMILES string of the molecule is CC.CC(CCC[C@@H](C)[C@H]1CC[C@H]2[C@@H]3CC=C4C[C@@H](O)CC[C@]4(C)[C@H]3CC[C@]12C)CC(N)=O. The van der Waals surface area contributed by atoms with Gasteiger partial charge in [0, 0.05) is 6.42 Å². The maximum atomic E-state index is 11.2. The lowest BCUT2D eigenvalue weighted by Gasteiger charge is -2.58. The molecule has 3 saturated carbocycles. The van der Waals surface area contributed by atoms with Crippen LogP contribution in [0.1, 0.15) is 119 Å². The molecule has 0 aromatic carbocycles. The number of aliphatic hydroxyl groups excluding tert-OH is 1. The standard InChI is InChI=1S/C28H47NO2.C2H6/c1-18(16-26(29)31)6-5-7-19(2)23-10-11-24-22-9-8-20-17-21(30)12-14-27(20,3)25(22)13-15-28(23,24)4;1-2/h8,18-19,21-25,30H,5-7,9-17H2,1-4H3,(H2,29,31);1-2H3/t18?,19-,21+,22+,23-,24+,25+,27+,28-;/m1./s1. The second-order valence-corrected chi connectivity index (χ2v) is 12.6. The number of hydrogen-bond acceptors (Lipinski definition) is 2. The first-order valence-electron chi connectivity index (χ1n) is 14.3. The molecular formula is C30H53NO2. The van der Waals surface area contributed by atoms with Gasteiger partial charge in [-0.1, -0.05) is 72.5 Å². The summed E-state index contributed by atoms with van der Waals surface area (Å²) in [6, 6.07) is 0. The maximum absolute atomic E-state index is 11.2. The van der Waals surface area contributed by atoms with Crippen molar-refractivity contribution in [3.8, 4) is 0 Å². The number of rotatable bonds is 7. The summed E-state index contributed by atoms with van der Waals surface area (Å²) in [5.74, 6) is 4.48. The highest BCUT2D eigenvalue weighted by atomic mass is 16.3. The van der Waals surface area contributed by atoms with E-state index in [0.717, 1.165) is 48.9 Å². The molecule has 3 heteroatoms. The molecule has 0 heterocycles. The number of aliphatic hydroxyl groups is 1. The highest BCUT2D eigenvalue weighted by Gasteiger charge is 2.59. The van der Waals surface area contributed by atoms with Crippen molar-refractivity contribution in [1.29, 1.82) is 0 Å². The number of carbonyl (C=O) groups is 1. The third-order valence-electron chi connectivity index (χ3n) is 10.7. The summed E-state index contributed by atoms with van der Waals surface area (Å²) < 4.78 is 0. The molecule has 0 aromatic heterocycles. The van der Waals surface area contributed by atoms with E-state index in [-0.39, 0.29) is 12.0 Å². The summed E-state index contributed by atoms with van der Waals surface area (Å²) in [7, 11) is 0. The van der Waals surface area contributed by atoms with Crippen LogP contribution >= 0.6 is 0 Å². The Morgan fingerprint density at radius 2 is 1.82 bits per heavy atom. The van der Waals surface area contributed by atoms with Gasteiger partial charge in [0.25, 0.3) is 0 Å². The van der Waals surface area contributed by atoms with Crippen LogP contribution in [0, 0.1) is 46.3 Å². The Hall–Kier alpha value is -0.830. The van der Waals surface area contributed by atoms with Crippen LogP contribution in [0.2, 0.25) is 0 Å². The zero-order chi connectivity index (χ0) is 24.4. The Morgan fingerprint density at radius 3 is 2.52 bits per heavy atom. The van der Waals surface area contributed by atoms with Gasteiger partial charge in [0.1, 0.15) is 0 Å². The lowest BCUT2D eigenvalue weighted by molar-refractivity contribution is -0.118. The van der Waals surface area contributed by atoms with Crippen LogP contribution < -0.4 is 5.73 Å². The first-order chi connectivity index (χ1) is 15.6. The van der Waals surface area contributed by atoms with Gasteiger partial charge < -0.3 is 10.8 Å². The molecule has 4 rings (SSSR count). The van der Waals surface area contributed by atoms with E-state index in [2.05, 4.69) is 33.8 Å². The van der Waals surface area contributed by atoms with E-state index in [4.69, 9.17) is 5.73 Å². The number of fused-ring (bicyclic) bond motifs is 5. The van der Waals surface area contributed by atoms with E-state index >= 15 is 0 Å². The second kappa shape index (κ2) is 10.8. The maximum Gasteiger partial charge on any atom is 0.217 e. The largest absolute Gasteiger partial charge is 0.393 e. The third-order valence-corrected chi connectivity index (χ3v) is 10.7. The molecule has 4 aliphatic carbocycles. The van der Waals surface area contributed by atoms with Crippen LogP contribution in [0.4, 0.5) is 0 Å². The van der Waals surface area contributed by atoms with Gasteiger partial charge in [-0.05, 0) is 97.7 Å². The molecule has 0 spiro atoms. The lowest BCUT2D eigenvalue weighted by Crippen LogP contribution is -2.50. The lowest BCUT2D eigenvalue weighted by atomic mass is 9.47. The minimum absolute atomic E-state index is 0.105. The van der Waals surface area contributed by atoms with E-state index < -0.39 is 0 Å². The van der Waals surface area contributed by atoms with Crippen LogP contribution in [0.3, 0.4) is 0 Å². The Morgan fingerprint density at radius 1 is 1.09 bits per heavy atom. The monoisotopic (exact) mass is 459 g/mol. The number of primary amides is 1. The smallest absolute Gasteiger partial charge is 0.217 e.